The molecule has 1 saturated heterocycles. The summed E-state index contributed by atoms with van der Waals surface area (Å²) in [6.45, 7) is 9.47. The summed E-state index contributed by atoms with van der Waals surface area (Å²) in [5.74, 6) is 0.747. The Balaban J connectivity index is 2.07. The second-order valence-corrected chi connectivity index (χ2v) is 7.34. The molecule has 0 unspecified atom stereocenters. The normalized spacial score (nSPS) is 24.1. The van der Waals surface area contributed by atoms with Crippen molar-refractivity contribution in [1.29, 1.82) is 0 Å². The van der Waals surface area contributed by atoms with Crippen LogP contribution in [-0.2, 0) is 17.9 Å². The largest absolute Gasteiger partial charge is 0.494 e. The molecule has 1 atom stereocenters. The maximum atomic E-state index is 10.9. The highest BCUT2D eigenvalue weighted by Gasteiger charge is 2.47. The number of rotatable bonds is 7. The molecule has 0 amide bonds. The van der Waals surface area contributed by atoms with Gasteiger partial charge in [-0.1, -0.05) is 19.9 Å². The smallest absolute Gasteiger partial charge is 0.124 e. The number of likely N-dealkylation sites (tertiary alicyclic amines) is 1. The standard InChI is InChI=1S/C19H31NO4/c1-5-24-17-7-6-15(10-16(17)12-21)11-20-9-8-19(22,14-23-4)18(2,3)13-20/h6-7,10,21-22H,5,8-9,11-14H2,1-4H3/t19-/m1/s1. The van der Waals surface area contributed by atoms with Crippen LogP contribution in [0.1, 0.15) is 38.3 Å². The predicted molar refractivity (Wildman–Crippen MR) is 94.0 cm³/mol. The van der Waals surface area contributed by atoms with Gasteiger partial charge in [-0.05, 0) is 31.0 Å². The van der Waals surface area contributed by atoms with Crippen molar-refractivity contribution in [3.8, 4) is 5.75 Å². The molecule has 0 aliphatic carbocycles. The van der Waals surface area contributed by atoms with E-state index >= 15 is 0 Å². The van der Waals surface area contributed by atoms with E-state index < -0.39 is 5.60 Å². The second-order valence-electron chi connectivity index (χ2n) is 7.34. The molecule has 5 heteroatoms. The van der Waals surface area contributed by atoms with Crippen molar-refractivity contribution in [1.82, 2.24) is 4.90 Å². The Kier molecular flexibility index (Phi) is 6.26. The molecule has 1 aliphatic heterocycles. The van der Waals surface area contributed by atoms with Crippen LogP contribution in [-0.4, -0.2) is 54.1 Å². The van der Waals surface area contributed by atoms with Crippen molar-refractivity contribution in [3.05, 3.63) is 29.3 Å². The highest BCUT2D eigenvalue weighted by Crippen LogP contribution is 2.39. The molecule has 0 aromatic heterocycles. The Bertz CT molecular complexity index is 546. The summed E-state index contributed by atoms with van der Waals surface area (Å²) < 4.78 is 10.8. The number of piperidine rings is 1. The van der Waals surface area contributed by atoms with Crippen LogP contribution in [0.15, 0.2) is 18.2 Å². The average molecular weight is 337 g/mol. The third kappa shape index (κ3) is 4.09. The van der Waals surface area contributed by atoms with Gasteiger partial charge in [-0.15, -0.1) is 0 Å². The topological polar surface area (TPSA) is 62.2 Å². The van der Waals surface area contributed by atoms with Crippen molar-refractivity contribution in [2.75, 3.05) is 33.4 Å². The predicted octanol–water partition coefficient (Wildman–Crippen LogP) is 2.19. The first-order valence-corrected chi connectivity index (χ1v) is 8.64. The van der Waals surface area contributed by atoms with Gasteiger partial charge in [0.1, 0.15) is 5.75 Å². The molecule has 0 bridgehead atoms. The Morgan fingerprint density at radius 3 is 2.62 bits per heavy atom. The van der Waals surface area contributed by atoms with Crippen LogP contribution in [0.2, 0.25) is 0 Å². The van der Waals surface area contributed by atoms with Gasteiger partial charge in [-0.25, -0.2) is 0 Å². The van der Waals surface area contributed by atoms with Crippen LogP contribution in [0.5, 0.6) is 5.75 Å². The molecule has 1 aliphatic rings. The van der Waals surface area contributed by atoms with E-state index in [1.807, 2.05) is 25.1 Å². The van der Waals surface area contributed by atoms with E-state index in [4.69, 9.17) is 9.47 Å². The van der Waals surface area contributed by atoms with Gasteiger partial charge in [0, 0.05) is 37.7 Å². The number of methoxy groups -OCH3 is 1. The Morgan fingerprint density at radius 1 is 1.29 bits per heavy atom. The van der Waals surface area contributed by atoms with Gasteiger partial charge in [0.05, 0.1) is 25.4 Å². The fraction of sp³-hybridized carbons (Fsp3) is 0.684. The zero-order chi connectivity index (χ0) is 17.8. The van der Waals surface area contributed by atoms with Gasteiger partial charge in [0.25, 0.3) is 0 Å². The zero-order valence-electron chi connectivity index (χ0n) is 15.3. The first kappa shape index (κ1) is 19.2. The lowest BCUT2D eigenvalue weighted by Crippen LogP contribution is -2.59. The number of hydrogen-bond donors (Lipinski definition) is 2. The molecular formula is C19H31NO4. The fourth-order valence-electron chi connectivity index (χ4n) is 3.52. The Hall–Kier alpha value is -1.14. The van der Waals surface area contributed by atoms with Gasteiger partial charge in [-0.2, -0.15) is 0 Å². The van der Waals surface area contributed by atoms with Gasteiger partial charge in [0.15, 0.2) is 0 Å². The minimum absolute atomic E-state index is 0.0255. The maximum Gasteiger partial charge on any atom is 0.124 e. The summed E-state index contributed by atoms with van der Waals surface area (Å²) in [6.07, 6.45) is 0.692. The number of ether oxygens (including phenoxy) is 2. The molecule has 0 saturated carbocycles. The van der Waals surface area contributed by atoms with Crippen molar-refractivity contribution in [2.45, 2.75) is 45.9 Å². The molecule has 2 rings (SSSR count). The molecule has 5 nitrogen and oxygen atoms in total. The van der Waals surface area contributed by atoms with Crippen molar-refractivity contribution in [2.24, 2.45) is 5.41 Å². The minimum Gasteiger partial charge on any atom is -0.494 e. The fourth-order valence-corrected chi connectivity index (χ4v) is 3.52. The molecule has 0 radical (unpaired) electrons. The van der Waals surface area contributed by atoms with Gasteiger partial charge in [-0.3, -0.25) is 4.90 Å². The van der Waals surface area contributed by atoms with Gasteiger partial charge >= 0.3 is 0 Å². The number of benzene rings is 1. The number of nitrogens with zero attached hydrogens (tertiary/aromatic N) is 1. The lowest BCUT2D eigenvalue weighted by molar-refractivity contribution is -0.151. The second kappa shape index (κ2) is 7.83. The van der Waals surface area contributed by atoms with Crippen molar-refractivity contribution >= 4 is 0 Å². The van der Waals surface area contributed by atoms with Crippen LogP contribution in [0, 0.1) is 5.41 Å². The zero-order valence-corrected chi connectivity index (χ0v) is 15.3. The SMILES string of the molecule is CCOc1ccc(CN2CC[C@@](O)(COC)C(C)(C)C2)cc1CO. The van der Waals surface area contributed by atoms with E-state index in [9.17, 15) is 10.2 Å². The quantitative estimate of drug-likeness (QED) is 0.799. The van der Waals surface area contributed by atoms with Crippen LogP contribution in [0.25, 0.3) is 0 Å². The van der Waals surface area contributed by atoms with Gasteiger partial charge < -0.3 is 19.7 Å². The van der Waals surface area contributed by atoms with Crippen LogP contribution < -0.4 is 4.74 Å². The average Bonchev–Trinajstić information content (AvgIpc) is 2.53. The monoisotopic (exact) mass is 337 g/mol. The molecule has 1 fully saturated rings. The van der Waals surface area contributed by atoms with E-state index in [1.165, 1.54) is 0 Å². The highest BCUT2D eigenvalue weighted by atomic mass is 16.5. The van der Waals surface area contributed by atoms with E-state index in [2.05, 4.69) is 18.7 Å². The summed E-state index contributed by atoms with van der Waals surface area (Å²) in [5.41, 5.74) is 0.941. The minimum atomic E-state index is -0.784. The third-order valence-corrected chi connectivity index (χ3v) is 5.10. The molecule has 1 aromatic rings. The Morgan fingerprint density at radius 2 is 2.04 bits per heavy atom. The first-order chi connectivity index (χ1) is 11.3. The number of aliphatic hydroxyl groups excluding tert-OH is 1. The third-order valence-electron chi connectivity index (χ3n) is 5.10. The molecular weight excluding hydrogens is 306 g/mol. The molecule has 1 heterocycles. The summed E-state index contributed by atoms with van der Waals surface area (Å²) in [6, 6.07) is 5.99. The number of aliphatic hydroxyl groups is 2. The lowest BCUT2D eigenvalue weighted by atomic mass is 9.70. The Labute approximate surface area is 145 Å². The van der Waals surface area contributed by atoms with Crippen molar-refractivity contribution in [3.63, 3.8) is 0 Å². The first-order valence-electron chi connectivity index (χ1n) is 8.64. The van der Waals surface area contributed by atoms with E-state index in [-0.39, 0.29) is 12.0 Å². The summed E-state index contributed by atoms with van der Waals surface area (Å²) in [4.78, 5) is 2.35. The van der Waals surface area contributed by atoms with Crippen LogP contribution >= 0.6 is 0 Å². The van der Waals surface area contributed by atoms with E-state index in [0.29, 0.717) is 19.6 Å². The molecule has 24 heavy (non-hydrogen) atoms. The maximum absolute atomic E-state index is 10.9. The molecule has 0 spiro atoms. The molecule has 1 aromatic carbocycles. The van der Waals surface area contributed by atoms with E-state index in [1.54, 1.807) is 7.11 Å². The van der Waals surface area contributed by atoms with Gasteiger partial charge in [0.2, 0.25) is 0 Å². The molecule has 136 valence electrons. The van der Waals surface area contributed by atoms with Crippen molar-refractivity contribution < 1.29 is 19.7 Å². The number of hydrogen-bond acceptors (Lipinski definition) is 5. The highest BCUT2D eigenvalue weighted by molar-refractivity contribution is 5.37. The summed E-state index contributed by atoms with van der Waals surface area (Å²) >= 11 is 0. The van der Waals surface area contributed by atoms with Crippen LogP contribution in [0.4, 0.5) is 0 Å². The lowest BCUT2D eigenvalue weighted by Gasteiger charge is -2.50. The van der Waals surface area contributed by atoms with E-state index in [0.717, 1.165) is 36.5 Å². The summed E-state index contributed by atoms with van der Waals surface area (Å²) in [5, 5.41) is 20.4. The van der Waals surface area contributed by atoms with Crippen LogP contribution in [0.3, 0.4) is 0 Å². The molecule has 2 N–H and O–H groups in total. The summed E-state index contributed by atoms with van der Waals surface area (Å²) in [7, 11) is 1.64.